The average Bonchev–Trinajstić information content (AvgIpc) is 2.81. The maximum absolute atomic E-state index is 12.3. The second kappa shape index (κ2) is 5.58. The van der Waals surface area contributed by atoms with Gasteiger partial charge in [-0.2, -0.15) is 0 Å². The van der Waals surface area contributed by atoms with E-state index in [4.69, 9.17) is 5.73 Å². The van der Waals surface area contributed by atoms with Gasteiger partial charge in [0.1, 0.15) is 5.75 Å². The van der Waals surface area contributed by atoms with Gasteiger partial charge in [0.15, 0.2) is 0 Å². The first kappa shape index (κ1) is 13.6. The normalized spacial score (nSPS) is 19.8. The lowest BCUT2D eigenvalue weighted by molar-refractivity contribution is -0.130. The lowest BCUT2D eigenvalue weighted by atomic mass is 9.97. The molecule has 1 aliphatic rings. The van der Waals surface area contributed by atoms with Crippen molar-refractivity contribution < 1.29 is 9.90 Å². The van der Waals surface area contributed by atoms with E-state index in [1.54, 1.807) is 23.1 Å². The van der Waals surface area contributed by atoms with Gasteiger partial charge in [0.05, 0.1) is 12.1 Å². The van der Waals surface area contributed by atoms with Crippen molar-refractivity contribution in [2.45, 2.75) is 18.5 Å². The van der Waals surface area contributed by atoms with Crippen LogP contribution in [0.15, 0.2) is 54.6 Å². The molecule has 4 nitrogen and oxygen atoms in total. The molecule has 1 heterocycles. The van der Waals surface area contributed by atoms with Gasteiger partial charge in [-0.15, -0.1) is 0 Å². The van der Waals surface area contributed by atoms with Crippen molar-refractivity contribution in [1.82, 2.24) is 4.90 Å². The number of nitrogens with two attached hydrogens (primary N) is 1. The third kappa shape index (κ3) is 2.62. The van der Waals surface area contributed by atoms with Crippen LogP contribution in [0.3, 0.4) is 0 Å². The van der Waals surface area contributed by atoms with E-state index in [1.165, 1.54) is 0 Å². The molecule has 2 aromatic carbocycles. The molecule has 0 spiro atoms. The molecule has 0 aliphatic carbocycles. The van der Waals surface area contributed by atoms with Crippen molar-refractivity contribution in [2.24, 2.45) is 5.73 Å². The fourth-order valence-electron chi connectivity index (χ4n) is 2.86. The summed E-state index contributed by atoms with van der Waals surface area (Å²) in [5, 5.41) is 9.74. The lowest BCUT2D eigenvalue weighted by Gasteiger charge is -2.29. The zero-order valence-electron chi connectivity index (χ0n) is 11.6. The highest BCUT2D eigenvalue weighted by atomic mass is 16.3. The van der Waals surface area contributed by atoms with E-state index >= 15 is 0 Å². The Labute approximate surface area is 123 Å². The monoisotopic (exact) mass is 282 g/mol. The minimum absolute atomic E-state index is 0.0350. The highest BCUT2D eigenvalue weighted by Gasteiger charge is 2.35. The van der Waals surface area contributed by atoms with Gasteiger partial charge in [-0.3, -0.25) is 4.79 Å². The number of likely N-dealkylation sites (tertiary alicyclic amines) is 1. The number of hydrogen-bond donors (Lipinski definition) is 2. The molecule has 1 aliphatic heterocycles. The number of aromatic hydroxyl groups is 1. The van der Waals surface area contributed by atoms with Crippen molar-refractivity contribution in [3.05, 3.63) is 65.7 Å². The van der Waals surface area contributed by atoms with Crippen LogP contribution in [-0.4, -0.2) is 28.5 Å². The fraction of sp³-hybridized carbons (Fsp3) is 0.235. The van der Waals surface area contributed by atoms with Gasteiger partial charge in [0, 0.05) is 6.54 Å². The summed E-state index contributed by atoms with van der Waals surface area (Å²) in [5.74, 6) is 0.163. The largest absolute Gasteiger partial charge is 0.508 e. The molecule has 0 bridgehead atoms. The van der Waals surface area contributed by atoms with Gasteiger partial charge in [0.2, 0.25) is 5.91 Å². The molecular formula is C17H18N2O2. The van der Waals surface area contributed by atoms with E-state index in [-0.39, 0.29) is 17.7 Å². The standard InChI is InChI=1S/C17H18N2O2/c18-15-9-10-19(17(15)21)16(12-5-2-1-3-6-12)13-7-4-8-14(20)11-13/h1-8,11,15-16,20H,9-10,18H2/t15-,16+/m1/s1. The molecule has 4 heteroatoms. The third-order valence-electron chi connectivity index (χ3n) is 3.89. The fourth-order valence-corrected chi connectivity index (χ4v) is 2.86. The first-order chi connectivity index (χ1) is 10.2. The van der Waals surface area contributed by atoms with Crippen LogP contribution in [-0.2, 0) is 4.79 Å². The van der Waals surface area contributed by atoms with Crippen LogP contribution in [0.2, 0.25) is 0 Å². The van der Waals surface area contributed by atoms with Crippen LogP contribution in [0.25, 0.3) is 0 Å². The van der Waals surface area contributed by atoms with Gasteiger partial charge in [-0.25, -0.2) is 0 Å². The minimum Gasteiger partial charge on any atom is -0.508 e. The molecule has 2 atom stereocenters. The molecule has 108 valence electrons. The van der Waals surface area contributed by atoms with Crippen LogP contribution < -0.4 is 5.73 Å². The van der Waals surface area contributed by atoms with Crippen molar-refractivity contribution in [2.75, 3.05) is 6.54 Å². The molecule has 21 heavy (non-hydrogen) atoms. The first-order valence-electron chi connectivity index (χ1n) is 7.07. The van der Waals surface area contributed by atoms with Crippen LogP contribution in [0, 0.1) is 0 Å². The number of carbonyl (C=O) groups excluding carboxylic acids is 1. The highest BCUT2D eigenvalue weighted by molar-refractivity contribution is 5.84. The third-order valence-corrected chi connectivity index (χ3v) is 3.89. The van der Waals surface area contributed by atoms with E-state index in [2.05, 4.69) is 0 Å². The summed E-state index contributed by atoms with van der Waals surface area (Å²) in [6.45, 7) is 0.634. The molecule has 2 aromatic rings. The minimum atomic E-state index is -0.423. The molecule has 0 aromatic heterocycles. The van der Waals surface area contributed by atoms with E-state index in [9.17, 15) is 9.90 Å². The highest BCUT2D eigenvalue weighted by Crippen LogP contribution is 2.33. The Morgan fingerprint density at radius 3 is 2.43 bits per heavy atom. The first-order valence-corrected chi connectivity index (χ1v) is 7.07. The average molecular weight is 282 g/mol. The second-order valence-electron chi connectivity index (χ2n) is 5.34. The quantitative estimate of drug-likeness (QED) is 0.905. The summed E-state index contributed by atoms with van der Waals surface area (Å²) in [6.07, 6.45) is 0.668. The zero-order valence-corrected chi connectivity index (χ0v) is 11.6. The van der Waals surface area contributed by atoms with E-state index in [1.807, 2.05) is 36.4 Å². The summed E-state index contributed by atoms with van der Waals surface area (Å²) in [4.78, 5) is 14.1. The Hall–Kier alpha value is -2.33. The smallest absolute Gasteiger partial charge is 0.240 e. The van der Waals surface area contributed by atoms with E-state index < -0.39 is 6.04 Å². The number of benzene rings is 2. The number of rotatable bonds is 3. The van der Waals surface area contributed by atoms with E-state index in [0.29, 0.717) is 13.0 Å². The Morgan fingerprint density at radius 1 is 1.10 bits per heavy atom. The summed E-state index contributed by atoms with van der Waals surface area (Å²) in [6, 6.07) is 16.2. The molecule has 1 fully saturated rings. The molecule has 3 rings (SSSR count). The molecule has 1 saturated heterocycles. The molecule has 0 unspecified atom stereocenters. The number of hydrogen-bond acceptors (Lipinski definition) is 3. The van der Waals surface area contributed by atoms with Gasteiger partial charge in [0.25, 0.3) is 0 Å². The van der Waals surface area contributed by atoms with Crippen LogP contribution in [0.4, 0.5) is 0 Å². The molecule has 0 saturated carbocycles. The van der Waals surface area contributed by atoms with Gasteiger partial charge >= 0.3 is 0 Å². The Kier molecular flexibility index (Phi) is 3.62. The maximum atomic E-state index is 12.3. The van der Waals surface area contributed by atoms with Crippen molar-refractivity contribution >= 4 is 5.91 Å². The van der Waals surface area contributed by atoms with Crippen LogP contribution >= 0.6 is 0 Å². The summed E-state index contributed by atoms with van der Waals surface area (Å²) in [7, 11) is 0. The molecule has 0 radical (unpaired) electrons. The second-order valence-corrected chi connectivity index (χ2v) is 5.34. The zero-order chi connectivity index (χ0) is 14.8. The predicted octanol–water partition coefficient (Wildman–Crippen LogP) is 2.04. The van der Waals surface area contributed by atoms with Gasteiger partial charge in [-0.05, 0) is 29.7 Å². The SMILES string of the molecule is N[C@@H]1CCN([C@@H](c2ccccc2)c2cccc(O)c2)C1=O. The Morgan fingerprint density at radius 2 is 1.81 bits per heavy atom. The predicted molar refractivity (Wildman–Crippen MR) is 80.7 cm³/mol. The topological polar surface area (TPSA) is 66.6 Å². The maximum Gasteiger partial charge on any atom is 0.240 e. The van der Waals surface area contributed by atoms with Gasteiger partial charge in [-0.1, -0.05) is 42.5 Å². The van der Waals surface area contributed by atoms with Crippen molar-refractivity contribution in [3.63, 3.8) is 0 Å². The number of amides is 1. The number of phenols is 1. The number of carbonyl (C=O) groups is 1. The van der Waals surface area contributed by atoms with Gasteiger partial charge < -0.3 is 15.7 Å². The van der Waals surface area contributed by atoms with Crippen LogP contribution in [0.5, 0.6) is 5.75 Å². The Balaban J connectivity index is 2.06. The number of phenolic OH excluding ortho intramolecular Hbond substituents is 1. The molecule has 3 N–H and O–H groups in total. The lowest BCUT2D eigenvalue weighted by Crippen LogP contribution is -2.37. The van der Waals surface area contributed by atoms with Crippen LogP contribution in [0.1, 0.15) is 23.6 Å². The molecular weight excluding hydrogens is 264 g/mol. The molecule has 1 amide bonds. The van der Waals surface area contributed by atoms with E-state index in [0.717, 1.165) is 11.1 Å². The van der Waals surface area contributed by atoms with Crippen molar-refractivity contribution in [1.29, 1.82) is 0 Å². The number of nitrogens with zero attached hydrogens (tertiary/aromatic N) is 1. The summed E-state index contributed by atoms with van der Waals surface area (Å²) in [5.41, 5.74) is 7.76. The summed E-state index contributed by atoms with van der Waals surface area (Å²) < 4.78 is 0. The summed E-state index contributed by atoms with van der Waals surface area (Å²) >= 11 is 0. The van der Waals surface area contributed by atoms with Crippen molar-refractivity contribution in [3.8, 4) is 5.75 Å². The Bertz CT molecular complexity index is 642.